The molecule has 0 saturated heterocycles. The van der Waals surface area contributed by atoms with Crippen LogP contribution in [-0.4, -0.2) is 51.1 Å². The molecule has 0 aliphatic heterocycles. The van der Waals surface area contributed by atoms with Crippen LogP contribution in [0.5, 0.6) is 5.75 Å². The molecule has 22 heavy (non-hydrogen) atoms. The highest BCUT2D eigenvalue weighted by atomic mass is 16.5. The van der Waals surface area contributed by atoms with Crippen molar-refractivity contribution in [3.63, 3.8) is 0 Å². The number of nitrogens with one attached hydrogen (secondary N) is 2. The molecular weight excluding hydrogens is 278 g/mol. The van der Waals surface area contributed by atoms with Crippen molar-refractivity contribution in [2.24, 2.45) is 5.92 Å². The van der Waals surface area contributed by atoms with Crippen LogP contribution in [0.1, 0.15) is 18.4 Å². The fourth-order valence-corrected chi connectivity index (χ4v) is 2.02. The first-order valence-electron chi connectivity index (χ1n) is 7.97. The Hall–Kier alpha value is -1.59. The number of carbonyl (C=O) groups is 1. The van der Waals surface area contributed by atoms with Crippen molar-refractivity contribution in [3.8, 4) is 5.75 Å². The van der Waals surface area contributed by atoms with Crippen LogP contribution in [0.25, 0.3) is 0 Å². The number of carbonyl (C=O) groups excluding carboxylic acids is 1. The number of hydrogen-bond donors (Lipinski definition) is 2. The van der Waals surface area contributed by atoms with Gasteiger partial charge in [0.1, 0.15) is 12.4 Å². The van der Waals surface area contributed by atoms with Gasteiger partial charge in [-0.05, 0) is 57.1 Å². The van der Waals surface area contributed by atoms with E-state index in [0.717, 1.165) is 30.3 Å². The fraction of sp³-hybridized carbons (Fsp3) is 0.588. The average molecular weight is 305 g/mol. The maximum atomic E-state index is 11.7. The van der Waals surface area contributed by atoms with Crippen molar-refractivity contribution in [1.82, 2.24) is 15.5 Å². The third kappa shape index (κ3) is 6.91. The lowest BCUT2D eigenvalue weighted by atomic mass is 10.2. The zero-order valence-electron chi connectivity index (χ0n) is 13.6. The molecule has 0 heterocycles. The monoisotopic (exact) mass is 305 g/mol. The second kappa shape index (κ2) is 8.76. The van der Waals surface area contributed by atoms with E-state index in [2.05, 4.69) is 15.5 Å². The summed E-state index contributed by atoms with van der Waals surface area (Å²) in [7, 11) is 4.04. The van der Waals surface area contributed by atoms with E-state index >= 15 is 0 Å². The van der Waals surface area contributed by atoms with Gasteiger partial charge >= 0.3 is 0 Å². The van der Waals surface area contributed by atoms with Gasteiger partial charge in [-0.3, -0.25) is 4.79 Å². The smallest absolute Gasteiger partial charge is 0.234 e. The standard InChI is InChI=1S/C17H27N3O2/c1-20(2)9-10-22-16-7-5-15(6-8-16)12-19-17(21)13-18-11-14-3-4-14/h5-8,14,18H,3-4,9-13H2,1-2H3,(H,19,21). The Labute approximate surface area is 133 Å². The Kier molecular flexibility index (Phi) is 6.68. The average Bonchev–Trinajstić information content (AvgIpc) is 3.30. The number of benzene rings is 1. The number of likely N-dealkylation sites (N-methyl/N-ethyl adjacent to an activating group) is 1. The first kappa shape index (κ1) is 16.8. The van der Waals surface area contributed by atoms with Crippen LogP contribution < -0.4 is 15.4 Å². The fourth-order valence-electron chi connectivity index (χ4n) is 2.02. The van der Waals surface area contributed by atoms with Crippen LogP contribution in [0.2, 0.25) is 0 Å². The molecule has 5 nitrogen and oxygen atoms in total. The van der Waals surface area contributed by atoms with Gasteiger partial charge in [0.2, 0.25) is 5.91 Å². The van der Waals surface area contributed by atoms with Gasteiger partial charge in [-0.25, -0.2) is 0 Å². The predicted molar refractivity (Wildman–Crippen MR) is 87.9 cm³/mol. The quantitative estimate of drug-likeness (QED) is 0.683. The zero-order valence-corrected chi connectivity index (χ0v) is 13.6. The molecule has 5 heteroatoms. The van der Waals surface area contributed by atoms with E-state index in [4.69, 9.17) is 4.74 Å². The first-order chi connectivity index (χ1) is 10.6. The maximum Gasteiger partial charge on any atom is 0.234 e. The number of amides is 1. The van der Waals surface area contributed by atoms with E-state index in [9.17, 15) is 4.79 Å². The summed E-state index contributed by atoms with van der Waals surface area (Å²) in [5.74, 6) is 1.71. The summed E-state index contributed by atoms with van der Waals surface area (Å²) in [5.41, 5.74) is 1.08. The lowest BCUT2D eigenvalue weighted by Gasteiger charge is -2.11. The van der Waals surface area contributed by atoms with Gasteiger partial charge in [-0.1, -0.05) is 12.1 Å². The van der Waals surface area contributed by atoms with E-state index in [0.29, 0.717) is 19.7 Å². The van der Waals surface area contributed by atoms with E-state index in [1.54, 1.807) is 0 Å². The molecule has 1 aromatic carbocycles. The van der Waals surface area contributed by atoms with Crippen LogP contribution in [0.3, 0.4) is 0 Å². The zero-order chi connectivity index (χ0) is 15.8. The Balaban J connectivity index is 1.61. The molecule has 1 aliphatic carbocycles. The van der Waals surface area contributed by atoms with Crippen molar-refractivity contribution in [1.29, 1.82) is 0 Å². The van der Waals surface area contributed by atoms with Crippen molar-refractivity contribution in [2.45, 2.75) is 19.4 Å². The summed E-state index contributed by atoms with van der Waals surface area (Å²) < 4.78 is 5.64. The third-order valence-corrected chi connectivity index (χ3v) is 3.64. The molecule has 2 rings (SSSR count). The molecule has 0 aromatic heterocycles. The topological polar surface area (TPSA) is 53.6 Å². The molecule has 0 bridgehead atoms. The summed E-state index contributed by atoms with van der Waals surface area (Å²) >= 11 is 0. The summed E-state index contributed by atoms with van der Waals surface area (Å²) in [6.07, 6.45) is 2.61. The largest absolute Gasteiger partial charge is 0.492 e. The molecule has 1 aromatic rings. The van der Waals surface area contributed by atoms with E-state index in [-0.39, 0.29) is 5.91 Å². The highest BCUT2D eigenvalue weighted by Gasteiger charge is 2.20. The van der Waals surface area contributed by atoms with E-state index < -0.39 is 0 Å². The van der Waals surface area contributed by atoms with Gasteiger partial charge in [-0.2, -0.15) is 0 Å². The molecule has 1 saturated carbocycles. The lowest BCUT2D eigenvalue weighted by Crippen LogP contribution is -2.34. The van der Waals surface area contributed by atoms with Crippen LogP contribution in [0.4, 0.5) is 0 Å². The van der Waals surface area contributed by atoms with Crippen LogP contribution in [0, 0.1) is 5.92 Å². The predicted octanol–water partition coefficient (Wildman–Crippen LogP) is 1.24. The molecule has 0 spiro atoms. The third-order valence-electron chi connectivity index (χ3n) is 3.64. The summed E-state index contributed by atoms with van der Waals surface area (Å²) in [6, 6.07) is 7.87. The number of hydrogen-bond acceptors (Lipinski definition) is 4. The maximum absolute atomic E-state index is 11.7. The van der Waals surface area contributed by atoms with Gasteiger partial charge in [0, 0.05) is 13.1 Å². The highest BCUT2D eigenvalue weighted by Crippen LogP contribution is 2.27. The minimum Gasteiger partial charge on any atom is -0.492 e. The molecule has 0 unspecified atom stereocenters. The van der Waals surface area contributed by atoms with Crippen molar-refractivity contribution in [2.75, 3.05) is 40.3 Å². The van der Waals surface area contributed by atoms with Crippen molar-refractivity contribution >= 4 is 5.91 Å². The Morgan fingerprint density at radius 2 is 2.00 bits per heavy atom. The Morgan fingerprint density at radius 3 is 2.64 bits per heavy atom. The molecule has 1 fully saturated rings. The Morgan fingerprint density at radius 1 is 1.27 bits per heavy atom. The van der Waals surface area contributed by atoms with Gasteiger partial charge in [-0.15, -0.1) is 0 Å². The summed E-state index contributed by atoms with van der Waals surface area (Å²) in [6.45, 7) is 3.50. The summed E-state index contributed by atoms with van der Waals surface area (Å²) in [4.78, 5) is 13.8. The Bertz CT molecular complexity index is 455. The molecule has 1 amide bonds. The minimum absolute atomic E-state index is 0.0481. The van der Waals surface area contributed by atoms with Crippen molar-refractivity contribution in [3.05, 3.63) is 29.8 Å². The SMILES string of the molecule is CN(C)CCOc1ccc(CNC(=O)CNCC2CC2)cc1. The minimum atomic E-state index is 0.0481. The van der Waals surface area contributed by atoms with Gasteiger partial charge in [0.25, 0.3) is 0 Å². The molecule has 2 N–H and O–H groups in total. The molecular formula is C17H27N3O2. The lowest BCUT2D eigenvalue weighted by molar-refractivity contribution is -0.120. The molecule has 122 valence electrons. The molecule has 0 radical (unpaired) electrons. The van der Waals surface area contributed by atoms with Gasteiger partial charge in [0.15, 0.2) is 0 Å². The number of ether oxygens (including phenoxy) is 1. The second-order valence-corrected chi connectivity index (χ2v) is 6.15. The van der Waals surface area contributed by atoms with E-state index in [1.807, 2.05) is 38.4 Å². The first-order valence-corrected chi connectivity index (χ1v) is 7.97. The second-order valence-electron chi connectivity index (χ2n) is 6.15. The molecule has 0 atom stereocenters. The van der Waals surface area contributed by atoms with Gasteiger partial charge < -0.3 is 20.3 Å². The summed E-state index contributed by atoms with van der Waals surface area (Å²) in [5, 5.41) is 6.11. The number of rotatable bonds is 10. The van der Waals surface area contributed by atoms with E-state index in [1.165, 1.54) is 12.8 Å². The normalized spacial score (nSPS) is 14.1. The van der Waals surface area contributed by atoms with Crippen molar-refractivity contribution < 1.29 is 9.53 Å². The van der Waals surface area contributed by atoms with Crippen LogP contribution >= 0.6 is 0 Å². The van der Waals surface area contributed by atoms with Gasteiger partial charge in [0.05, 0.1) is 6.54 Å². The molecule has 1 aliphatic rings. The van der Waals surface area contributed by atoms with Crippen LogP contribution in [0.15, 0.2) is 24.3 Å². The number of nitrogens with zero attached hydrogens (tertiary/aromatic N) is 1. The van der Waals surface area contributed by atoms with Crippen LogP contribution in [-0.2, 0) is 11.3 Å². The highest BCUT2D eigenvalue weighted by molar-refractivity contribution is 5.77.